The molecule has 9 nitrogen and oxygen atoms in total. The molecule has 0 atom stereocenters. The number of aromatic nitrogens is 1. The molecule has 2 aromatic carbocycles. The summed E-state index contributed by atoms with van der Waals surface area (Å²) in [6.45, 7) is 4.05. The van der Waals surface area contributed by atoms with Crippen LogP contribution in [0.15, 0.2) is 83.1 Å². The lowest BCUT2D eigenvalue weighted by molar-refractivity contribution is 0.0670. The molecule has 10 heteroatoms. The first-order chi connectivity index (χ1) is 18.4. The Kier molecular flexibility index (Phi) is 9.12. The van der Waals surface area contributed by atoms with Crippen molar-refractivity contribution in [3.63, 3.8) is 0 Å². The van der Waals surface area contributed by atoms with E-state index in [1.165, 1.54) is 30.0 Å². The van der Waals surface area contributed by atoms with Crippen molar-refractivity contribution in [2.24, 2.45) is 10.7 Å². The number of amides is 1. The second kappa shape index (κ2) is 12.9. The van der Waals surface area contributed by atoms with Gasteiger partial charge in [0, 0.05) is 55.9 Å². The van der Waals surface area contributed by atoms with E-state index in [1.807, 2.05) is 6.07 Å². The Balaban J connectivity index is 1.52. The van der Waals surface area contributed by atoms with Crippen LogP contribution in [0, 0.1) is 10.8 Å². The summed E-state index contributed by atoms with van der Waals surface area (Å²) in [5.74, 6) is -0.398. The summed E-state index contributed by atoms with van der Waals surface area (Å²) in [7, 11) is 0. The molecule has 4 rings (SSSR count). The average Bonchev–Trinajstić information content (AvgIpc) is 3.47. The zero-order valence-corrected chi connectivity index (χ0v) is 22.0. The fourth-order valence-corrected chi connectivity index (χ4v) is 4.94. The van der Waals surface area contributed by atoms with E-state index in [-0.39, 0.29) is 23.7 Å². The number of allylic oxidation sites excluding steroid dienone is 1. The lowest BCUT2D eigenvalue weighted by atomic mass is 10.0. The molecule has 0 unspecified atom stereocenters. The zero-order valence-electron chi connectivity index (χ0n) is 21.2. The number of nitrogens with one attached hydrogen (secondary N) is 2. The van der Waals surface area contributed by atoms with Gasteiger partial charge in [-0.3, -0.25) is 25.5 Å². The minimum atomic E-state index is -0.199. The number of carbonyl (C=O) groups is 1. The van der Waals surface area contributed by atoms with Crippen molar-refractivity contribution in [1.29, 1.82) is 10.8 Å². The van der Waals surface area contributed by atoms with Crippen molar-refractivity contribution >= 4 is 40.9 Å². The first-order valence-electron chi connectivity index (χ1n) is 12.3. The van der Waals surface area contributed by atoms with Crippen LogP contribution in [0.25, 0.3) is 0 Å². The third-order valence-electron chi connectivity index (χ3n) is 6.16. The van der Waals surface area contributed by atoms with Gasteiger partial charge in [0.25, 0.3) is 5.91 Å². The maximum Gasteiger partial charge on any atom is 0.287 e. The number of benzene rings is 2. The lowest BCUT2D eigenvalue weighted by Gasteiger charge is -2.38. The molecule has 38 heavy (non-hydrogen) atoms. The van der Waals surface area contributed by atoms with Gasteiger partial charge in [-0.2, -0.15) is 0 Å². The first kappa shape index (κ1) is 26.9. The molecule has 0 radical (unpaired) electrons. The zero-order chi connectivity index (χ0) is 26.9. The molecule has 1 aliphatic heterocycles. The van der Waals surface area contributed by atoms with Gasteiger partial charge in [-0.05, 0) is 36.6 Å². The SMILES string of the molecule is CC(=N)OC(=N)c1cccc(N=CC(=CN)N(C(=O)c2nccs2)C2CCN(Cc3ccccc3)CC2)c1. The number of aliphatic imine (C=N–C) groups is 1. The smallest absolute Gasteiger partial charge is 0.287 e. The molecule has 0 spiro atoms. The molecule has 1 fully saturated rings. The van der Waals surface area contributed by atoms with Gasteiger partial charge >= 0.3 is 0 Å². The van der Waals surface area contributed by atoms with Gasteiger partial charge in [0.05, 0.1) is 17.6 Å². The lowest BCUT2D eigenvalue weighted by Crippen LogP contribution is -2.47. The van der Waals surface area contributed by atoms with Crippen LogP contribution in [0.2, 0.25) is 0 Å². The van der Waals surface area contributed by atoms with Crippen molar-refractivity contribution < 1.29 is 9.53 Å². The molecule has 1 aromatic heterocycles. The van der Waals surface area contributed by atoms with Crippen LogP contribution in [0.1, 0.15) is 40.7 Å². The fraction of sp³-hybridized carbons (Fsp3) is 0.250. The maximum absolute atomic E-state index is 13.6. The largest absolute Gasteiger partial charge is 0.426 e. The van der Waals surface area contributed by atoms with E-state index >= 15 is 0 Å². The summed E-state index contributed by atoms with van der Waals surface area (Å²) in [5.41, 5.74) is 8.86. The second-order valence-corrected chi connectivity index (χ2v) is 9.79. The number of nitrogens with zero attached hydrogens (tertiary/aromatic N) is 4. The Morgan fingerprint density at radius 3 is 2.63 bits per heavy atom. The Labute approximate surface area is 226 Å². The standard InChI is InChI=1S/C28H31N7O2S/c1-20(30)37-26(31)22-8-5-9-23(16-22)33-18-25(17-29)35(28(36)27-32-12-15-38-27)24-10-13-34(14-11-24)19-21-6-3-2-4-7-21/h2-9,12,15-18,24,30-31H,10-11,13-14,19,29H2,1H3. The molecule has 196 valence electrons. The third-order valence-corrected chi connectivity index (χ3v) is 6.92. The first-order valence-corrected chi connectivity index (χ1v) is 13.2. The van der Waals surface area contributed by atoms with Crippen LogP contribution >= 0.6 is 11.3 Å². The monoisotopic (exact) mass is 529 g/mol. The maximum atomic E-state index is 13.6. The van der Waals surface area contributed by atoms with Crippen LogP contribution in [0.4, 0.5) is 5.69 Å². The van der Waals surface area contributed by atoms with Gasteiger partial charge in [0.15, 0.2) is 10.9 Å². The molecule has 1 amide bonds. The number of carbonyl (C=O) groups excluding carboxylic acids is 1. The van der Waals surface area contributed by atoms with Crippen molar-refractivity contribution in [3.8, 4) is 0 Å². The van der Waals surface area contributed by atoms with Crippen LogP contribution in [-0.2, 0) is 11.3 Å². The Hall–Kier alpha value is -4.15. The molecule has 1 aliphatic rings. The van der Waals surface area contributed by atoms with Gasteiger partial charge in [0.2, 0.25) is 5.90 Å². The van der Waals surface area contributed by atoms with Crippen LogP contribution in [0.5, 0.6) is 0 Å². The summed E-state index contributed by atoms with van der Waals surface area (Å²) in [5, 5.41) is 17.7. The molecule has 0 saturated carbocycles. The summed E-state index contributed by atoms with van der Waals surface area (Å²) in [6, 6.07) is 17.3. The topological polar surface area (TPSA) is 132 Å². The van der Waals surface area contributed by atoms with E-state index in [1.54, 1.807) is 47.0 Å². The highest BCUT2D eigenvalue weighted by atomic mass is 32.1. The Morgan fingerprint density at radius 1 is 1.21 bits per heavy atom. The average molecular weight is 530 g/mol. The van der Waals surface area contributed by atoms with Crippen LogP contribution < -0.4 is 5.73 Å². The predicted octanol–water partition coefficient (Wildman–Crippen LogP) is 4.79. The Morgan fingerprint density at radius 2 is 1.97 bits per heavy atom. The molecular formula is C28H31N7O2S. The predicted molar refractivity (Wildman–Crippen MR) is 151 cm³/mol. The number of piperidine rings is 1. The summed E-state index contributed by atoms with van der Waals surface area (Å²) < 4.78 is 5.10. The third kappa shape index (κ3) is 6.99. The summed E-state index contributed by atoms with van der Waals surface area (Å²) in [4.78, 5) is 26.5. The minimum Gasteiger partial charge on any atom is -0.426 e. The van der Waals surface area contributed by atoms with Crippen LogP contribution in [0.3, 0.4) is 0 Å². The molecule has 3 aromatic rings. The summed E-state index contributed by atoms with van der Waals surface area (Å²) >= 11 is 1.30. The number of ether oxygens (including phenoxy) is 1. The van der Waals surface area contributed by atoms with Gasteiger partial charge in [-0.1, -0.05) is 36.4 Å². The van der Waals surface area contributed by atoms with Gasteiger partial charge in [-0.25, -0.2) is 4.98 Å². The molecular weight excluding hydrogens is 498 g/mol. The number of likely N-dealkylation sites (tertiary alicyclic amines) is 1. The number of hydrogen-bond acceptors (Lipinski definition) is 9. The summed E-state index contributed by atoms with van der Waals surface area (Å²) in [6.07, 6.45) is 6.19. The molecule has 0 bridgehead atoms. The molecule has 0 aliphatic carbocycles. The number of hydrogen-bond donors (Lipinski definition) is 3. The highest BCUT2D eigenvalue weighted by molar-refractivity contribution is 7.11. The van der Waals surface area contributed by atoms with Gasteiger partial charge in [0.1, 0.15) is 0 Å². The van der Waals surface area contributed by atoms with E-state index in [0.717, 1.165) is 32.5 Å². The van der Waals surface area contributed by atoms with E-state index < -0.39 is 0 Å². The normalized spacial score (nSPS) is 14.9. The Bertz CT molecular complexity index is 1310. The quantitative estimate of drug-likeness (QED) is 0.285. The van der Waals surface area contributed by atoms with Gasteiger partial charge < -0.3 is 15.4 Å². The highest BCUT2D eigenvalue weighted by Crippen LogP contribution is 2.25. The number of rotatable bonds is 8. The highest BCUT2D eigenvalue weighted by Gasteiger charge is 2.31. The van der Waals surface area contributed by atoms with Gasteiger partial charge in [-0.15, -0.1) is 11.3 Å². The van der Waals surface area contributed by atoms with E-state index in [4.69, 9.17) is 21.3 Å². The van der Waals surface area contributed by atoms with E-state index in [9.17, 15) is 4.79 Å². The van der Waals surface area contributed by atoms with Crippen molar-refractivity contribution in [2.45, 2.75) is 32.4 Å². The minimum absolute atomic E-state index is 0.0526. The van der Waals surface area contributed by atoms with Crippen molar-refractivity contribution in [3.05, 3.63) is 94.2 Å². The number of thiazole rings is 1. The fourth-order valence-electron chi connectivity index (χ4n) is 4.37. The molecule has 4 N–H and O–H groups in total. The number of nitrogens with two attached hydrogens (primary N) is 1. The van der Waals surface area contributed by atoms with E-state index in [0.29, 0.717) is 22.0 Å². The van der Waals surface area contributed by atoms with Crippen LogP contribution in [-0.4, -0.2) is 57.8 Å². The molecule has 1 saturated heterocycles. The van der Waals surface area contributed by atoms with E-state index in [2.05, 4.69) is 39.1 Å². The molecule has 2 heterocycles. The van der Waals surface area contributed by atoms with Crippen molar-refractivity contribution in [1.82, 2.24) is 14.8 Å². The second-order valence-electron chi connectivity index (χ2n) is 8.89. The van der Waals surface area contributed by atoms with Crippen molar-refractivity contribution in [2.75, 3.05) is 13.1 Å².